The van der Waals surface area contributed by atoms with E-state index < -0.39 is 0 Å². The second-order valence-corrected chi connectivity index (χ2v) is 11.0. The van der Waals surface area contributed by atoms with Crippen LogP contribution in [0.1, 0.15) is 69.8 Å². The maximum absolute atomic E-state index is 9.46. The summed E-state index contributed by atoms with van der Waals surface area (Å²) in [7, 11) is 0. The molecule has 7 rings (SSSR count). The second kappa shape index (κ2) is 6.32. The zero-order valence-corrected chi connectivity index (χ0v) is 18.7. The van der Waals surface area contributed by atoms with Gasteiger partial charge in [-0.05, 0) is 96.4 Å². The minimum absolute atomic E-state index is 0.165. The van der Waals surface area contributed by atoms with Crippen LogP contribution >= 0.6 is 0 Å². The summed E-state index contributed by atoms with van der Waals surface area (Å²) in [6, 6.07) is 9.08. The number of fused-ring (bicyclic) bond motifs is 2. The van der Waals surface area contributed by atoms with Gasteiger partial charge in [-0.25, -0.2) is 0 Å². The van der Waals surface area contributed by atoms with Crippen LogP contribution in [-0.2, 0) is 4.74 Å². The number of hydrogen-bond donors (Lipinski definition) is 1. The van der Waals surface area contributed by atoms with E-state index in [-0.39, 0.29) is 16.6 Å². The number of nitrogens with zero attached hydrogens (tertiary/aromatic N) is 2. The SMILES string of the molecule is C[C@]12CC=C3C=C4CC/C(=N\O)C[C@]45CC[C@]3(O5)[C@@H]1CC[C@@H]2c1ccc2ccncc2c1. The van der Waals surface area contributed by atoms with Crippen molar-refractivity contribution < 1.29 is 9.94 Å². The molecule has 0 amide bonds. The van der Waals surface area contributed by atoms with Gasteiger partial charge >= 0.3 is 0 Å². The number of benzene rings is 1. The maximum atomic E-state index is 9.46. The second-order valence-electron chi connectivity index (χ2n) is 11.0. The molecule has 32 heavy (non-hydrogen) atoms. The predicted molar refractivity (Wildman–Crippen MR) is 125 cm³/mol. The summed E-state index contributed by atoms with van der Waals surface area (Å²) >= 11 is 0. The molecule has 1 saturated heterocycles. The van der Waals surface area contributed by atoms with Gasteiger partial charge in [0.1, 0.15) is 0 Å². The monoisotopic (exact) mass is 426 g/mol. The van der Waals surface area contributed by atoms with Crippen molar-refractivity contribution in [3.63, 3.8) is 0 Å². The van der Waals surface area contributed by atoms with Gasteiger partial charge in [-0.15, -0.1) is 0 Å². The van der Waals surface area contributed by atoms with Crippen LogP contribution in [0.3, 0.4) is 0 Å². The van der Waals surface area contributed by atoms with Crippen LogP contribution in [0, 0.1) is 11.3 Å². The Balaban J connectivity index is 1.30. The third kappa shape index (κ3) is 2.31. The van der Waals surface area contributed by atoms with E-state index in [0.29, 0.717) is 11.8 Å². The van der Waals surface area contributed by atoms with Gasteiger partial charge in [0.25, 0.3) is 0 Å². The molecule has 5 atom stereocenters. The van der Waals surface area contributed by atoms with Crippen LogP contribution < -0.4 is 0 Å². The fraction of sp³-hybridized carbons (Fsp3) is 0.500. The third-order valence-corrected chi connectivity index (χ3v) is 9.72. The molecule has 2 saturated carbocycles. The molecule has 3 heterocycles. The van der Waals surface area contributed by atoms with Gasteiger partial charge in [0.15, 0.2) is 0 Å². The average Bonchev–Trinajstić information content (AvgIpc) is 3.33. The normalized spacial score (nSPS) is 41.1. The molecule has 4 heteroatoms. The van der Waals surface area contributed by atoms with Crippen LogP contribution in [-0.4, -0.2) is 27.1 Å². The van der Waals surface area contributed by atoms with Gasteiger partial charge in [-0.2, -0.15) is 0 Å². The standard InChI is InChI=1S/C28H30N2O2/c1-26-10-8-22-15-21-4-5-23(30-31)16-27(21)11-12-28(22,32-27)25(26)7-6-24(26)19-3-2-18-9-13-29-17-20(18)14-19/h2-3,8-9,13-15,17,24-25,31H,4-7,10-12,16H2,1H3/b30-23+/t24-,25-,26-,27-,28-/m1/s1. The number of ether oxygens (including phenoxy) is 1. The van der Waals surface area contributed by atoms with Crippen molar-refractivity contribution >= 4 is 16.5 Å². The summed E-state index contributed by atoms with van der Waals surface area (Å²) in [5, 5.41) is 15.6. The van der Waals surface area contributed by atoms with E-state index >= 15 is 0 Å². The maximum Gasteiger partial charge on any atom is 0.0975 e. The molecule has 4 nitrogen and oxygen atoms in total. The number of pyridine rings is 1. The summed E-state index contributed by atoms with van der Waals surface area (Å²) in [6.45, 7) is 2.51. The van der Waals surface area contributed by atoms with Crippen molar-refractivity contribution in [3.8, 4) is 0 Å². The quantitative estimate of drug-likeness (QED) is 0.430. The highest BCUT2D eigenvalue weighted by Crippen LogP contribution is 2.69. The lowest BCUT2D eigenvalue weighted by molar-refractivity contribution is -0.126. The number of aromatic nitrogens is 1. The Bertz CT molecular complexity index is 1230. The molecule has 1 aromatic carbocycles. The number of oxime groups is 1. The van der Waals surface area contributed by atoms with Crippen molar-refractivity contribution in [1.29, 1.82) is 0 Å². The predicted octanol–water partition coefficient (Wildman–Crippen LogP) is 6.31. The molecule has 5 aliphatic rings. The first-order valence-corrected chi connectivity index (χ1v) is 12.2. The van der Waals surface area contributed by atoms with E-state index in [9.17, 15) is 5.21 Å². The van der Waals surface area contributed by atoms with Crippen LogP contribution in [0.4, 0.5) is 0 Å². The Morgan fingerprint density at radius 3 is 2.97 bits per heavy atom. The first-order chi connectivity index (χ1) is 15.6. The van der Waals surface area contributed by atoms with Crippen molar-refractivity contribution in [3.05, 3.63) is 65.5 Å². The highest BCUT2D eigenvalue weighted by Gasteiger charge is 2.66. The fourth-order valence-electron chi connectivity index (χ4n) is 8.19. The largest absolute Gasteiger partial charge is 0.411 e. The van der Waals surface area contributed by atoms with Crippen molar-refractivity contribution in [2.45, 2.75) is 75.4 Å². The van der Waals surface area contributed by atoms with Crippen LogP contribution in [0.2, 0.25) is 0 Å². The molecule has 1 aromatic heterocycles. The van der Waals surface area contributed by atoms with E-state index in [1.165, 1.54) is 40.3 Å². The van der Waals surface area contributed by atoms with Gasteiger partial charge in [-0.1, -0.05) is 36.4 Å². The zero-order chi connectivity index (χ0) is 21.6. The molecule has 3 fully saturated rings. The lowest BCUT2D eigenvalue weighted by Gasteiger charge is -2.54. The van der Waals surface area contributed by atoms with Gasteiger partial charge in [0.2, 0.25) is 0 Å². The molecule has 0 unspecified atom stereocenters. The highest BCUT2D eigenvalue weighted by atomic mass is 16.5. The average molecular weight is 427 g/mol. The summed E-state index contributed by atoms with van der Waals surface area (Å²) in [6.07, 6.45) is 17.1. The first kappa shape index (κ1) is 19.0. The van der Waals surface area contributed by atoms with E-state index in [1.807, 2.05) is 12.4 Å². The summed E-state index contributed by atoms with van der Waals surface area (Å²) in [5.41, 5.74) is 5.03. The van der Waals surface area contributed by atoms with Gasteiger partial charge < -0.3 is 9.94 Å². The zero-order valence-electron chi connectivity index (χ0n) is 18.7. The molecule has 164 valence electrons. The van der Waals surface area contributed by atoms with E-state index in [2.05, 4.69) is 53.5 Å². The van der Waals surface area contributed by atoms with Crippen LogP contribution in [0.5, 0.6) is 0 Å². The summed E-state index contributed by atoms with van der Waals surface area (Å²) < 4.78 is 7.21. The Labute approximate surface area is 189 Å². The molecular formula is C28H30N2O2. The number of rotatable bonds is 1. The summed E-state index contributed by atoms with van der Waals surface area (Å²) in [5.74, 6) is 1.06. The minimum Gasteiger partial charge on any atom is -0.411 e. The molecule has 2 spiro atoms. The Kier molecular flexibility index (Phi) is 3.76. The molecule has 2 aliphatic heterocycles. The Morgan fingerprint density at radius 1 is 1.12 bits per heavy atom. The van der Waals surface area contributed by atoms with E-state index in [1.54, 1.807) is 0 Å². The third-order valence-electron chi connectivity index (χ3n) is 9.72. The fourth-order valence-corrected chi connectivity index (χ4v) is 8.19. The van der Waals surface area contributed by atoms with E-state index in [0.717, 1.165) is 44.2 Å². The molecule has 0 radical (unpaired) electrons. The lowest BCUT2D eigenvalue weighted by Crippen LogP contribution is -2.53. The van der Waals surface area contributed by atoms with Gasteiger partial charge in [0, 0.05) is 24.2 Å². The van der Waals surface area contributed by atoms with E-state index in [4.69, 9.17) is 4.74 Å². The highest BCUT2D eigenvalue weighted by molar-refractivity contribution is 5.87. The topological polar surface area (TPSA) is 54.7 Å². The molecule has 2 bridgehead atoms. The summed E-state index contributed by atoms with van der Waals surface area (Å²) in [4.78, 5) is 4.35. The Morgan fingerprint density at radius 2 is 2.06 bits per heavy atom. The van der Waals surface area contributed by atoms with Gasteiger partial charge in [-0.3, -0.25) is 4.98 Å². The number of allylic oxidation sites excluding steroid dienone is 1. The molecule has 2 aromatic rings. The van der Waals surface area contributed by atoms with Crippen LogP contribution in [0.15, 0.2) is 65.1 Å². The smallest absolute Gasteiger partial charge is 0.0975 e. The molecule has 1 N–H and O–H groups in total. The van der Waals surface area contributed by atoms with Crippen molar-refractivity contribution in [2.75, 3.05) is 0 Å². The van der Waals surface area contributed by atoms with Gasteiger partial charge in [0.05, 0.1) is 16.9 Å². The lowest BCUT2D eigenvalue weighted by atomic mass is 9.58. The van der Waals surface area contributed by atoms with Crippen LogP contribution in [0.25, 0.3) is 10.8 Å². The first-order valence-electron chi connectivity index (χ1n) is 12.2. The van der Waals surface area contributed by atoms with Crippen molar-refractivity contribution in [2.24, 2.45) is 16.5 Å². The molecule has 3 aliphatic carbocycles. The van der Waals surface area contributed by atoms with Crippen molar-refractivity contribution in [1.82, 2.24) is 4.98 Å². The number of hydrogen-bond acceptors (Lipinski definition) is 4. The molecular weight excluding hydrogens is 396 g/mol. The Hall–Kier alpha value is -2.46. The minimum atomic E-state index is -0.234.